The first-order chi connectivity index (χ1) is 10.2. The lowest BCUT2D eigenvalue weighted by atomic mass is 9.99. The molecule has 0 saturated carbocycles. The summed E-state index contributed by atoms with van der Waals surface area (Å²) in [4.78, 5) is 11.6. The second-order valence-corrected chi connectivity index (χ2v) is 4.97. The molecule has 6 heteroatoms. The third-order valence-electron chi connectivity index (χ3n) is 3.36. The highest BCUT2D eigenvalue weighted by molar-refractivity contribution is 5.76. The van der Waals surface area contributed by atoms with Crippen LogP contribution in [0.25, 0.3) is 0 Å². The number of anilines is 1. The Balaban J connectivity index is 1.76. The van der Waals surface area contributed by atoms with E-state index in [0.29, 0.717) is 6.54 Å². The van der Waals surface area contributed by atoms with Gasteiger partial charge >= 0.3 is 0 Å². The highest BCUT2D eigenvalue weighted by Gasteiger charge is 2.12. The molecule has 0 spiro atoms. The largest absolute Gasteiger partial charge is 0.385 e. The second kappa shape index (κ2) is 7.93. The molecule has 0 bridgehead atoms. The Kier molecular flexibility index (Phi) is 5.92. The molecule has 116 valence electrons. The molecule has 0 saturated heterocycles. The zero-order valence-corrected chi connectivity index (χ0v) is 11.8. The predicted molar refractivity (Wildman–Crippen MR) is 76.5 cm³/mol. The van der Waals surface area contributed by atoms with Crippen molar-refractivity contribution in [1.29, 1.82) is 0 Å². The minimum absolute atomic E-state index is 0.0152. The molecule has 0 aliphatic carbocycles. The molecule has 21 heavy (non-hydrogen) atoms. The first-order valence-electron chi connectivity index (χ1n) is 7.14. The lowest BCUT2D eigenvalue weighted by Gasteiger charge is -2.21. The maximum absolute atomic E-state index is 11.9. The van der Waals surface area contributed by atoms with Gasteiger partial charge in [0.1, 0.15) is 6.61 Å². The van der Waals surface area contributed by atoms with Crippen molar-refractivity contribution in [3.8, 4) is 0 Å². The molecule has 1 aromatic rings. The van der Waals surface area contributed by atoms with Gasteiger partial charge in [-0.25, -0.2) is 8.78 Å². The molecule has 1 amide bonds. The third-order valence-corrected chi connectivity index (χ3v) is 3.36. The molecule has 1 aliphatic rings. The van der Waals surface area contributed by atoms with Crippen LogP contribution in [0.4, 0.5) is 14.5 Å². The van der Waals surface area contributed by atoms with Crippen LogP contribution in [0.3, 0.4) is 0 Å². The first-order valence-corrected chi connectivity index (χ1v) is 7.14. The van der Waals surface area contributed by atoms with E-state index in [1.165, 1.54) is 5.56 Å². The topological polar surface area (TPSA) is 50.4 Å². The van der Waals surface area contributed by atoms with Crippen molar-refractivity contribution in [2.24, 2.45) is 0 Å². The molecule has 0 fully saturated rings. The van der Waals surface area contributed by atoms with Gasteiger partial charge in [0.05, 0.1) is 6.61 Å². The van der Waals surface area contributed by atoms with Gasteiger partial charge in [0, 0.05) is 25.2 Å². The van der Waals surface area contributed by atoms with Crippen LogP contribution in [0.5, 0.6) is 0 Å². The fourth-order valence-corrected chi connectivity index (χ4v) is 2.35. The molecular weight excluding hydrogens is 278 g/mol. The highest BCUT2D eigenvalue weighted by Crippen LogP contribution is 2.25. The summed E-state index contributed by atoms with van der Waals surface area (Å²) in [6, 6.07) is 6.05. The van der Waals surface area contributed by atoms with E-state index in [2.05, 4.69) is 21.4 Å². The van der Waals surface area contributed by atoms with Crippen LogP contribution in [-0.4, -0.2) is 32.1 Å². The van der Waals surface area contributed by atoms with Gasteiger partial charge in [0.25, 0.3) is 6.43 Å². The molecule has 1 heterocycles. The Labute approximate surface area is 122 Å². The Hall–Kier alpha value is -1.69. The fraction of sp³-hybridized carbons (Fsp3) is 0.533. The zero-order valence-electron chi connectivity index (χ0n) is 11.8. The first kappa shape index (κ1) is 15.7. The molecule has 0 atom stereocenters. The highest BCUT2D eigenvalue weighted by atomic mass is 19.3. The van der Waals surface area contributed by atoms with E-state index in [1.54, 1.807) is 0 Å². The van der Waals surface area contributed by atoms with Gasteiger partial charge in [-0.15, -0.1) is 0 Å². The Morgan fingerprint density at radius 3 is 3.10 bits per heavy atom. The summed E-state index contributed by atoms with van der Waals surface area (Å²) in [6.07, 6.45) is -0.236. The number of fused-ring (bicyclic) bond motifs is 1. The Bertz CT molecular complexity index is 481. The van der Waals surface area contributed by atoms with Gasteiger partial charge in [-0.3, -0.25) is 4.79 Å². The van der Waals surface area contributed by atoms with E-state index < -0.39 is 13.0 Å². The fourth-order valence-electron chi connectivity index (χ4n) is 2.35. The molecule has 1 aliphatic heterocycles. The normalized spacial score (nSPS) is 13.7. The number of amides is 1. The average Bonchev–Trinajstić information content (AvgIpc) is 2.49. The predicted octanol–water partition coefficient (Wildman–Crippen LogP) is 2.33. The molecule has 2 N–H and O–H groups in total. The quantitative estimate of drug-likeness (QED) is 0.760. The molecule has 0 aromatic heterocycles. The molecule has 0 radical (unpaired) electrons. The number of halogens is 2. The van der Waals surface area contributed by atoms with Crippen LogP contribution in [0.2, 0.25) is 0 Å². The summed E-state index contributed by atoms with van der Waals surface area (Å²) in [5.74, 6) is -0.197. The minimum atomic E-state index is -2.49. The monoisotopic (exact) mass is 298 g/mol. The molecule has 4 nitrogen and oxygen atoms in total. The van der Waals surface area contributed by atoms with E-state index in [9.17, 15) is 13.6 Å². The molecule has 2 rings (SSSR count). The lowest BCUT2D eigenvalue weighted by molar-refractivity contribution is -0.122. The maximum atomic E-state index is 11.9. The number of ether oxygens (including phenoxy) is 1. The summed E-state index contributed by atoms with van der Waals surface area (Å²) in [5, 5.41) is 6.15. The van der Waals surface area contributed by atoms with Gasteiger partial charge in [0.15, 0.2) is 0 Å². The number of para-hydroxylation sites is 1. The van der Waals surface area contributed by atoms with Gasteiger partial charge in [-0.2, -0.15) is 0 Å². The summed E-state index contributed by atoms with van der Waals surface area (Å²) in [5.41, 5.74) is 3.43. The van der Waals surface area contributed by atoms with Crippen molar-refractivity contribution < 1.29 is 18.3 Å². The average molecular weight is 298 g/mol. The van der Waals surface area contributed by atoms with E-state index in [-0.39, 0.29) is 18.9 Å². The van der Waals surface area contributed by atoms with E-state index >= 15 is 0 Å². The van der Waals surface area contributed by atoms with Gasteiger partial charge in [-0.05, 0) is 24.0 Å². The summed E-state index contributed by atoms with van der Waals surface area (Å²) >= 11 is 0. The Morgan fingerprint density at radius 2 is 2.29 bits per heavy atom. The van der Waals surface area contributed by atoms with Crippen molar-refractivity contribution in [1.82, 2.24) is 5.32 Å². The van der Waals surface area contributed by atoms with Crippen LogP contribution in [-0.2, 0) is 22.5 Å². The number of carbonyl (C=O) groups is 1. The third kappa shape index (κ3) is 4.97. The van der Waals surface area contributed by atoms with Crippen molar-refractivity contribution in [3.63, 3.8) is 0 Å². The number of benzene rings is 1. The number of rotatable bonds is 7. The number of carbonyl (C=O) groups excluding carboxylic acids is 1. The summed E-state index contributed by atoms with van der Waals surface area (Å²) in [7, 11) is 0. The maximum Gasteiger partial charge on any atom is 0.261 e. The van der Waals surface area contributed by atoms with E-state index in [1.807, 2.05) is 12.1 Å². The molecule has 0 unspecified atom stereocenters. The van der Waals surface area contributed by atoms with Crippen molar-refractivity contribution in [2.75, 3.05) is 25.1 Å². The lowest BCUT2D eigenvalue weighted by Crippen LogP contribution is -2.25. The number of hydrogen-bond donors (Lipinski definition) is 2. The minimum Gasteiger partial charge on any atom is -0.385 e. The summed E-state index contributed by atoms with van der Waals surface area (Å²) in [6.45, 7) is 0.772. The van der Waals surface area contributed by atoms with E-state index in [4.69, 9.17) is 0 Å². The van der Waals surface area contributed by atoms with Crippen molar-refractivity contribution >= 4 is 11.6 Å². The number of alkyl halides is 2. The molecular formula is C15H20F2N2O2. The van der Waals surface area contributed by atoms with Gasteiger partial charge in [-0.1, -0.05) is 18.2 Å². The summed E-state index contributed by atoms with van der Waals surface area (Å²) < 4.78 is 28.4. The smallest absolute Gasteiger partial charge is 0.261 e. The van der Waals surface area contributed by atoms with Gasteiger partial charge < -0.3 is 15.4 Å². The van der Waals surface area contributed by atoms with Crippen LogP contribution >= 0.6 is 0 Å². The zero-order chi connectivity index (χ0) is 15.1. The van der Waals surface area contributed by atoms with Gasteiger partial charge in [0.2, 0.25) is 5.91 Å². The van der Waals surface area contributed by atoms with E-state index in [0.717, 1.165) is 30.6 Å². The van der Waals surface area contributed by atoms with Crippen LogP contribution in [0.1, 0.15) is 24.0 Å². The Morgan fingerprint density at radius 1 is 1.43 bits per heavy atom. The standard InChI is InChI=1S/C15H20F2N2O2/c16-13(17)10-21-8-6-14(20)19-9-12-4-1-3-11-5-2-7-18-15(11)12/h1,3-4,13,18H,2,5-10H2,(H,19,20). The SMILES string of the molecule is O=C(CCOCC(F)F)NCc1cccc2c1NCCC2. The number of nitrogens with one attached hydrogen (secondary N) is 2. The number of hydrogen-bond acceptors (Lipinski definition) is 3. The van der Waals surface area contributed by atoms with Crippen molar-refractivity contribution in [2.45, 2.75) is 32.2 Å². The van der Waals surface area contributed by atoms with Crippen LogP contribution < -0.4 is 10.6 Å². The molecule has 1 aromatic carbocycles. The number of aryl methyl sites for hydroxylation is 1. The van der Waals surface area contributed by atoms with Crippen LogP contribution in [0.15, 0.2) is 18.2 Å². The van der Waals surface area contributed by atoms with Crippen LogP contribution in [0, 0.1) is 0 Å². The second-order valence-electron chi connectivity index (χ2n) is 4.97. The van der Waals surface area contributed by atoms with Crippen molar-refractivity contribution in [3.05, 3.63) is 29.3 Å².